The van der Waals surface area contributed by atoms with Gasteiger partial charge in [0, 0.05) is 31.2 Å². The van der Waals surface area contributed by atoms with E-state index in [1.54, 1.807) is 0 Å². The second-order valence-electron chi connectivity index (χ2n) is 4.53. The minimum absolute atomic E-state index is 0.483. The van der Waals surface area contributed by atoms with Gasteiger partial charge in [0.25, 0.3) is 0 Å². The second kappa shape index (κ2) is 6.93. The third kappa shape index (κ3) is 4.88. The smallest absolute Gasteiger partial charge is 0.0635 e. The summed E-state index contributed by atoms with van der Waals surface area (Å²) in [5.74, 6) is 0. The van der Waals surface area contributed by atoms with Crippen molar-refractivity contribution in [3.63, 3.8) is 0 Å². The molecule has 92 valence electrons. The molecule has 0 amide bonds. The molecular weight excluding hydrogens is 210 g/mol. The molecular formula is C14H21N3. The molecule has 0 heterocycles. The van der Waals surface area contributed by atoms with Crippen molar-refractivity contribution in [1.29, 1.82) is 5.26 Å². The lowest BCUT2D eigenvalue weighted by molar-refractivity contribution is 0.229. The maximum atomic E-state index is 8.62. The van der Waals surface area contributed by atoms with Gasteiger partial charge in [0.1, 0.15) is 0 Å². The fourth-order valence-corrected chi connectivity index (χ4v) is 1.78. The molecule has 1 aromatic carbocycles. The van der Waals surface area contributed by atoms with Crippen LogP contribution in [-0.4, -0.2) is 24.0 Å². The van der Waals surface area contributed by atoms with Gasteiger partial charge in [0.05, 0.1) is 6.07 Å². The number of hydrogen-bond acceptors (Lipinski definition) is 3. The van der Waals surface area contributed by atoms with E-state index in [4.69, 9.17) is 11.0 Å². The molecule has 0 aromatic heterocycles. The molecule has 0 aliphatic heterocycles. The molecule has 2 N–H and O–H groups in total. The van der Waals surface area contributed by atoms with Gasteiger partial charge in [-0.2, -0.15) is 5.26 Å². The highest BCUT2D eigenvalue weighted by molar-refractivity contribution is 5.39. The zero-order valence-corrected chi connectivity index (χ0v) is 10.7. The lowest BCUT2D eigenvalue weighted by Crippen LogP contribution is -2.33. The fraction of sp³-hybridized carbons (Fsp3) is 0.500. The number of nitrogen functional groups attached to an aromatic ring is 1. The van der Waals surface area contributed by atoms with Crippen LogP contribution in [0.1, 0.15) is 25.8 Å². The van der Waals surface area contributed by atoms with E-state index in [1.807, 2.05) is 12.1 Å². The first kappa shape index (κ1) is 13.5. The van der Waals surface area contributed by atoms with Crippen LogP contribution in [-0.2, 0) is 6.42 Å². The summed E-state index contributed by atoms with van der Waals surface area (Å²) in [5, 5.41) is 8.62. The van der Waals surface area contributed by atoms with Crippen LogP contribution in [0.3, 0.4) is 0 Å². The summed E-state index contributed by atoms with van der Waals surface area (Å²) < 4.78 is 0. The first-order valence-corrected chi connectivity index (χ1v) is 6.09. The molecule has 0 aliphatic carbocycles. The quantitative estimate of drug-likeness (QED) is 0.765. The topological polar surface area (TPSA) is 53.0 Å². The van der Waals surface area contributed by atoms with Gasteiger partial charge < -0.3 is 5.73 Å². The Kier molecular flexibility index (Phi) is 5.51. The van der Waals surface area contributed by atoms with Crippen molar-refractivity contribution >= 4 is 5.69 Å². The minimum Gasteiger partial charge on any atom is -0.399 e. The maximum absolute atomic E-state index is 8.62. The first-order chi connectivity index (χ1) is 8.13. The highest BCUT2D eigenvalue weighted by Crippen LogP contribution is 2.08. The molecule has 17 heavy (non-hydrogen) atoms. The molecule has 0 radical (unpaired) electrons. The van der Waals surface area contributed by atoms with Gasteiger partial charge in [-0.25, -0.2) is 0 Å². The van der Waals surface area contributed by atoms with Crippen molar-refractivity contribution in [2.24, 2.45) is 0 Å². The number of anilines is 1. The summed E-state index contributed by atoms with van der Waals surface area (Å²) in [5.41, 5.74) is 7.75. The van der Waals surface area contributed by atoms with Crippen LogP contribution in [0.5, 0.6) is 0 Å². The minimum atomic E-state index is 0.483. The van der Waals surface area contributed by atoms with E-state index in [2.05, 4.69) is 36.9 Å². The van der Waals surface area contributed by atoms with Crippen molar-refractivity contribution in [1.82, 2.24) is 4.90 Å². The molecule has 3 heteroatoms. The number of nitrogens with zero attached hydrogens (tertiary/aromatic N) is 2. The van der Waals surface area contributed by atoms with Gasteiger partial charge in [0.15, 0.2) is 0 Å². The summed E-state index contributed by atoms with van der Waals surface area (Å²) in [4.78, 5) is 2.33. The van der Waals surface area contributed by atoms with Crippen LogP contribution in [0.25, 0.3) is 0 Å². The third-order valence-electron chi connectivity index (χ3n) is 2.91. The summed E-state index contributed by atoms with van der Waals surface area (Å²) in [7, 11) is 0. The van der Waals surface area contributed by atoms with Gasteiger partial charge in [-0.05, 0) is 38.0 Å². The molecule has 3 nitrogen and oxygen atoms in total. The Morgan fingerprint density at radius 1 is 1.24 bits per heavy atom. The van der Waals surface area contributed by atoms with Gasteiger partial charge in [-0.1, -0.05) is 12.1 Å². The van der Waals surface area contributed by atoms with E-state index in [9.17, 15) is 0 Å². The number of nitrogens with two attached hydrogens (primary N) is 1. The number of benzene rings is 1. The average molecular weight is 231 g/mol. The van der Waals surface area contributed by atoms with Crippen LogP contribution < -0.4 is 5.73 Å². The molecule has 0 bridgehead atoms. The molecule has 0 atom stereocenters. The zero-order valence-electron chi connectivity index (χ0n) is 10.7. The standard InChI is InChI=1S/C14H21N3/c1-12(2)17(10-3-9-15)11-8-13-4-6-14(16)7-5-13/h4-7,12H,3,8,10-11,16H2,1-2H3. The van der Waals surface area contributed by atoms with Crippen molar-refractivity contribution in [3.05, 3.63) is 29.8 Å². The van der Waals surface area contributed by atoms with Crippen LogP contribution in [0.4, 0.5) is 5.69 Å². The second-order valence-corrected chi connectivity index (χ2v) is 4.53. The maximum Gasteiger partial charge on any atom is 0.0635 e. The summed E-state index contributed by atoms with van der Waals surface area (Å²) in [6.07, 6.45) is 1.60. The third-order valence-corrected chi connectivity index (χ3v) is 2.91. The lowest BCUT2D eigenvalue weighted by atomic mass is 10.1. The fourth-order valence-electron chi connectivity index (χ4n) is 1.78. The predicted molar refractivity (Wildman–Crippen MR) is 71.5 cm³/mol. The van der Waals surface area contributed by atoms with Gasteiger partial charge in [-0.3, -0.25) is 4.90 Å². The predicted octanol–water partition coefficient (Wildman–Crippen LogP) is 2.44. The molecule has 1 rings (SSSR count). The number of nitriles is 1. The first-order valence-electron chi connectivity index (χ1n) is 6.09. The van der Waals surface area contributed by atoms with Crippen molar-refractivity contribution < 1.29 is 0 Å². The summed E-state index contributed by atoms with van der Waals surface area (Å²) in [6, 6.07) is 10.7. The van der Waals surface area contributed by atoms with Gasteiger partial charge in [-0.15, -0.1) is 0 Å². The molecule has 0 saturated carbocycles. The van der Waals surface area contributed by atoms with E-state index in [1.165, 1.54) is 5.56 Å². The Morgan fingerprint density at radius 3 is 2.41 bits per heavy atom. The van der Waals surface area contributed by atoms with Crippen molar-refractivity contribution in [3.8, 4) is 6.07 Å². The summed E-state index contributed by atoms with van der Waals surface area (Å²) >= 11 is 0. The van der Waals surface area contributed by atoms with E-state index < -0.39 is 0 Å². The highest BCUT2D eigenvalue weighted by Gasteiger charge is 2.08. The van der Waals surface area contributed by atoms with Gasteiger partial charge >= 0.3 is 0 Å². The SMILES string of the molecule is CC(C)N(CCC#N)CCc1ccc(N)cc1. The Hall–Kier alpha value is -1.53. The normalized spacial score (nSPS) is 10.8. The Morgan fingerprint density at radius 2 is 1.88 bits per heavy atom. The van der Waals surface area contributed by atoms with Crippen molar-refractivity contribution in [2.75, 3.05) is 18.8 Å². The highest BCUT2D eigenvalue weighted by atomic mass is 15.1. The van der Waals surface area contributed by atoms with E-state index in [0.717, 1.165) is 25.2 Å². The zero-order chi connectivity index (χ0) is 12.7. The van der Waals surface area contributed by atoms with Crippen LogP contribution in [0.15, 0.2) is 24.3 Å². The molecule has 0 unspecified atom stereocenters. The van der Waals surface area contributed by atoms with E-state index in [0.29, 0.717) is 12.5 Å². The van der Waals surface area contributed by atoms with Crippen LogP contribution in [0, 0.1) is 11.3 Å². The monoisotopic (exact) mass is 231 g/mol. The largest absolute Gasteiger partial charge is 0.399 e. The lowest BCUT2D eigenvalue weighted by Gasteiger charge is -2.25. The average Bonchev–Trinajstić information content (AvgIpc) is 2.31. The van der Waals surface area contributed by atoms with Crippen molar-refractivity contribution in [2.45, 2.75) is 32.7 Å². The summed E-state index contributed by atoms with van der Waals surface area (Å²) in [6.45, 7) is 6.17. The molecule has 0 aliphatic rings. The van der Waals surface area contributed by atoms with Crippen LogP contribution >= 0.6 is 0 Å². The van der Waals surface area contributed by atoms with E-state index >= 15 is 0 Å². The molecule has 0 fully saturated rings. The van der Waals surface area contributed by atoms with E-state index in [-0.39, 0.29) is 0 Å². The number of rotatable bonds is 6. The number of hydrogen-bond donors (Lipinski definition) is 1. The Labute approximate surface area is 104 Å². The molecule has 0 saturated heterocycles. The molecule has 0 spiro atoms. The van der Waals surface area contributed by atoms with Gasteiger partial charge in [0.2, 0.25) is 0 Å². The Bertz CT molecular complexity index is 362. The van der Waals surface area contributed by atoms with Crippen LogP contribution in [0.2, 0.25) is 0 Å². The molecule has 1 aromatic rings. The Balaban J connectivity index is 2.46.